The number of rotatable bonds is 5. The molecule has 0 aliphatic carbocycles. The Hall–Kier alpha value is -1.87. The molecule has 0 radical (unpaired) electrons. The number of benzene rings is 1. The second-order valence-corrected chi connectivity index (χ2v) is 3.64. The summed E-state index contributed by atoms with van der Waals surface area (Å²) in [5.41, 5.74) is 3.13. The van der Waals surface area contributed by atoms with Crippen LogP contribution in [0.15, 0.2) is 18.2 Å². The van der Waals surface area contributed by atoms with E-state index < -0.39 is 28.5 Å². The molecule has 0 bridgehead atoms. The van der Waals surface area contributed by atoms with Crippen molar-refractivity contribution in [2.45, 2.75) is 12.3 Å². The van der Waals surface area contributed by atoms with Gasteiger partial charge in [-0.3, -0.25) is 10.1 Å². The first kappa shape index (κ1) is 15.2. The molecule has 0 fully saturated rings. The minimum atomic E-state index is -4.68. The number of hydrogen-bond donors (Lipinski definition) is 2. The van der Waals surface area contributed by atoms with Crippen molar-refractivity contribution in [1.82, 2.24) is 0 Å². The van der Waals surface area contributed by atoms with Crippen LogP contribution in [0.3, 0.4) is 0 Å². The lowest BCUT2D eigenvalue weighted by Gasteiger charge is -2.12. The number of nitrogens with two attached hydrogens (primary N) is 1. The van der Waals surface area contributed by atoms with Gasteiger partial charge in [0, 0.05) is 12.6 Å². The van der Waals surface area contributed by atoms with Gasteiger partial charge in [0.15, 0.2) is 5.75 Å². The topological polar surface area (TPSA) is 98.6 Å². The Morgan fingerprint density at radius 1 is 1.47 bits per heavy atom. The van der Waals surface area contributed by atoms with E-state index in [1.165, 1.54) is 0 Å². The molecular weight excluding hydrogens is 269 g/mol. The Morgan fingerprint density at radius 3 is 2.58 bits per heavy atom. The zero-order valence-electron chi connectivity index (χ0n) is 9.55. The second kappa shape index (κ2) is 5.85. The lowest BCUT2D eigenvalue weighted by molar-refractivity contribution is -0.386. The summed E-state index contributed by atoms with van der Waals surface area (Å²) in [6, 6.07) is 1.88. The van der Waals surface area contributed by atoms with E-state index in [1.807, 2.05) is 0 Å². The van der Waals surface area contributed by atoms with Gasteiger partial charge in [0.05, 0.1) is 10.5 Å². The maximum absolute atomic E-state index is 12.4. The average Bonchev–Trinajstić information content (AvgIpc) is 2.34. The molecule has 0 heterocycles. The maximum Gasteiger partial charge on any atom is 0.416 e. The minimum absolute atomic E-state index is 0.131. The molecule has 9 heteroatoms. The maximum atomic E-state index is 12.4. The van der Waals surface area contributed by atoms with Crippen molar-refractivity contribution in [2.75, 3.05) is 13.2 Å². The Bertz CT molecular complexity index is 465. The number of nitro groups is 1. The fourth-order valence-corrected chi connectivity index (χ4v) is 1.21. The highest BCUT2D eigenvalue weighted by molar-refractivity contribution is 5.49. The monoisotopic (exact) mass is 280 g/mol. The van der Waals surface area contributed by atoms with Crippen LogP contribution < -0.4 is 10.5 Å². The van der Waals surface area contributed by atoms with Crippen molar-refractivity contribution in [2.24, 2.45) is 5.73 Å². The van der Waals surface area contributed by atoms with E-state index >= 15 is 0 Å². The van der Waals surface area contributed by atoms with Crippen LogP contribution >= 0.6 is 0 Å². The van der Waals surface area contributed by atoms with E-state index in [0.717, 1.165) is 6.07 Å². The summed E-state index contributed by atoms with van der Waals surface area (Å²) in [7, 11) is 0. The third kappa shape index (κ3) is 4.07. The number of alkyl halides is 3. The highest BCUT2D eigenvalue weighted by atomic mass is 19.4. The van der Waals surface area contributed by atoms with Crippen molar-refractivity contribution in [3.8, 4) is 5.75 Å². The van der Waals surface area contributed by atoms with Gasteiger partial charge in [0.25, 0.3) is 0 Å². The van der Waals surface area contributed by atoms with Crippen molar-refractivity contribution in [3.05, 3.63) is 33.9 Å². The molecule has 19 heavy (non-hydrogen) atoms. The molecule has 0 saturated heterocycles. The number of aliphatic hydroxyl groups excluding tert-OH is 1. The standard InChI is InChI=1S/C10H11F3N2O4/c11-10(12,13)6-1-2-9(8(3-6)15(17)18)19-5-7(16)4-14/h1-3,7,16H,4-5,14H2. The van der Waals surface area contributed by atoms with E-state index in [9.17, 15) is 23.3 Å². The lowest BCUT2D eigenvalue weighted by atomic mass is 10.2. The number of halogens is 3. The normalized spacial score (nSPS) is 13.1. The number of aliphatic hydroxyl groups is 1. The predicted octanol–water partition coefficient (Wildman–Crippen LogP) is 1.31. The first-order valence-electron chi connectivity index (χ1n) is 5.12. The van der Waals surface area contributed by atoms with Gasteiger partial charge < -0.3 is 15.6 Å². The molecule has 0 amide bonds. The Morgan fingerprint density at radius 2 is 2.11 bits per heavy atom. The van der Waals surface area contributed by atoms with Crippen LogP contribution in [0.5, 0.6) is 5.75 Å². The molecule has 106 valence electrons. The Kier molecular flexibility index (Phi) is 4.67. The van der Waals surface area contributed by atoms with Gasteiger partial charge in [-0.25, -0.2) is 0 Å². The van der Waals surface area contributed by atoms with E-state index in [-0.39, 0.29) is 18.9 Å². The van der Waals surface area contributed by atoms with Crippen molar-refractivity contribution in [3.63, 3.8) is 0 Å². The van der Waals surface area contributed by atoms with Crippen LogP contribution in [-0.4, -0.2) is 29.3 Å². The van der Waals surface area contributed by atoms with Crippen molar-refractivity contribution >= 4 is 5.69 Å². The van der Waals surface area contributed by atoms with Gasteiger partial charge in [0.1, 0.15) is 12.7 Å². The van der Waals surface area contributed by atoms with Crippen LogP contribution in [0, 0.1) is 10.1 Å². The van der Waals surface area contributed by atoms with E-state index in [0.29, 0.717) is 12.1 Å². The summed E-state index contributed by atoms with van der Waals surface area (Å²) in [6.07, 6.45) is -5.73. The van der Waals surface area contributed by atoms with E-state index in [4.69, 9.17) is 15.6 Å². The molecule has 3 N–H and O–H groups in total. The van der Waals surface area contributed by atoms with E-state index in [2.05, 4.69) is 0 Å². The molecule has 0 saturated carbocycles. The third-order valence-corrected chi connectivity index (χ3v) is 2.19. The quantitative estimate of drug-likeness (QED) is 0.626. The molecule has 6 nitrogen and oxygen atoms in total. The molecular formula is C10H11F3N2O4. The van der Waals surface area contributed by atoms with Crippen molar-refractivity contribution in [1.29, 1.82) is 0 Å². The molecule has 0 aliphatic heterocycles. The zero-order valence-corrected chi connectivity index (χ0v) is 9.55. The number of hydrogen-bond acceptors (Lipinski definition) is 5. The van der Waals surface area contributed by atoms with Crippen LogP contribution in [0.1, 0.15) is 5.56 Å². The smallest absolute Gasteiger partial charge is 0.416 e. The van der Waals surface area contributed by atoms with Gasteiger partial charge in [-0.15, -0.1) is 0 Å². The van der Waals surface area contributed by atoms with Gasteiger partial charge in [-0.2, -0.15) is 13.2 Å². The van der Waals surface area contributed by atoms with Gasteiger partial charge in [-0.05, 0) is 12.1 Å². The average molecular weight is 280 g/mol. The molecule has 1 atom stereocenters. The fourth-order valence-electron chi connectivity index (χ4n) is 1.21. The summed E-state index contributed by atoms with van der Waals surface area (Å²) < 4.78 is 42.1. The summed E-state index contributed by atoms with van der Waals surface area (Å²) in [6.45, 7) is -0.475. The minimum Gasteiger partial charge on any atom is -0.484 e. The molecule has 0 aliphatic rings. The summed E-state index contributed by atoms with van der Waals surface area (Å²) in [5, 5.41) is 19.8. The van der Waals surface area contributed by atoms with E-state index in [1.54, 1.807) is 0 Å². The van der Waals surface area contributed by atoms with Gasteiger partial charge >= 0.3 is 11.9 Å². The molecule has 1 aromatic carbocycles. The van der Waals surface area contributed by atoms with Crippen LogP contribution in [-0.2, 0) is 6.18 Å². The second-order valence-electron chi connectivity index (χ2n) is 3.64. The fraction of sp³-hybridized carbons (Fsp3) is 0.400. The molecule has 1 unspecified atom stereocenters. The summed E-state index contributed by atoms with van der Waals surface area (Å²) in [5.74, 6) is -0.356. The van der Waals surface area contributed by atoms with Gasteiger partial charge in [0.2, 0.25) is 0 Å². The zero-order chi connectivity index (χ0) is 14.6. The first-order chi connectivity index (χ1) is 8.75. The Labute approximate surface area is 105 Å². The molecule has 0 aromatic heterocycles. The number of nitrogens with zero attached hydrogens (tertiary/aromatic N) is 1. The SMILES string of the molecule is NCC(O)COc1ccc(C(F)(F)F)cc1[N+](=O)[O-]. The highest BCUT2D eigenvalue weighted by Crippen LogP contribution is 2.35. The lowest BCUT2D eigenvalue weighted by Crippen LogP contribution is -2.26. The molecule has 1 aromatic rings. The molecule has 0 spiro atoms. The van der Waals surface area contributed by atoms with Gasteiger partial charge in [-0.1, -0.05) is 0 Å². The largest absolute Gasteiger partial charge is 0.484 e. The molecule has 1 rings (SSSR count). The first-order valence-corrected chi connectivity index (χ1v) is 5.12. The number of nitro benzene ring substituents is 1. The summed E-state index contributed by atoms with van der Waals surface area (Å²) in [4.78, 5) is 9.70. The van der Waals surface area contributed by atoms with Crippen LogP contribution in [0.25, 0.3) is 0 Å². The predicted molar refractivity (Wildman–Crippen MR) is 58.7 cm³/mol. The van der Waals surface area contributed by atoms with Crippen LogP contribution in [0.2, 0.25) is 0 Å². The van der Waals surface area contributed by atoms with Crippen LogP contribution in [0.4, 0.5) is 18.9 Å². The highest BCUT2D eigenvalue weighted by Gasteiger charge is 2.33. The number of ether oxygens (including phenoxy) is 1. The Balaban J connectivity index is 3.02. The summed E-state index contributed by atoms with van der Waals surface area (Å²) >= 11 is 0. The van der Waals surface area contributed by atoms with Crippen molar-refractivity contribution < 1.29 is 27.9 Å². The third-order valence-electron chi connectivity index (χ3n) is 2.19.